The summed E-state index contributed by atoms with van der Waals surface area (Å²) in [6.07, 6.45) is 1.51. The molecule has 0 unspecified atom stereocenters. The number of hydrogen-bond acceptors (Lipinski definition) is 4. The first-order valence-corrected chi connectivity index (χ1v) is 5.78. The second-order valence-electron chi connectivity index (χ2n) is 4.22. The third-order valence-corrected chi connectivity index (χ3v) is 2.87. The third-order valence-electron chi connectivity index (χ3n) is 2.87. The average molecular weight is 272 g/mol. The number of aromatic nitrogens is 4. The van der Waals surface area contributed by atoms with Gasteiger partial charge in [0, 0.05) is 11.8 Å². The summed E-state index contributed by atoms with van der Waals surface area (Å²) in [5, 5.41) is 12.8. The maximum atomic E-state index is 14.0. The molecule has 7 heteroatoms. The number of aromatic carboxylic acids is 1. The Balaban J connectivity index is 2.37. The van der Waals surface area contributed by atoms with Gasteiger partial charge in [0.25, 0.3) is 11.6 Å². The van der Waals surface area contributed by atoms with Crippen molar-refractivity contribution in [3.63, 3.8) is 0 Å². The average Bonchev–Trinajstić information content (AvgIpc) is 2.84. The van der Waals surface area contributed by atoms with Gasteiger partial charge in [-0.1, -0.05) is 12.1 Å². The lowest BCUT2D eigenvalue weighted by Gasteiger charge is -2.08. The molecule has 1 aromatic carbocycles. The maximum Gasteiger partial charge on any atom is 0.375 e. The molecule has 0 atom stereocenters. The molecule has 0 aliphatic rings. The van der Waals surface area contributed by atoms with E-state index in [2.05, 4.69) is 15.1 Å². The molecule has 0 bridgehead atoms. The Morgan fingerprint density at radius 2 is 2.10 bits per heavy atom. The highest BCUT2D eigenvalue weighted by Crippen LogP contribution is 2.25. The minimum Gasteiger partial charge on any atom is -0.475 e. The molecule has 3 rings (SSSR count). The second-order valence-corrected chi connectivity index (χ2v) is 4.22. The van der Waals surface area contributed by atoms with Crippen LogP contribution in [-0.4, -0.2) is 30.7 Å². The Labute approximate surface area is 112 Å². The van der Waals surface area contributed by atoms with Crippen LogP contribution in [0, 0.1) is 12.7 Å². The number of aryl methyl sites for hydroxylation is 1. The van der Waals surface area contributed by atoms with Crippen LogP contribution in [0.4, 0.5) is 4.39 Å². The molecule has 2 heterocycles. The Morgan fingerprint density at radius 1 is 1.35 bits per heavy atom. The lowest BCUT2D eigenvalue weighted by Crippen LogP contribution is -2.02. The van der Waals surface area contributed by atoms with Crippen LogP contribution in [0.3, 0.4) is 0 Å². The third kappa shape index (κ3) is 1.80. The fourth-order valence-corrected chi connectivity index (χ4v) is 1.99. The largest absolute Gasteiger partial charge is 0.475 e. The van der Waals surface area contributed by atoms with Gasteiger partial charge in [-0.25, -0.2) is 14.2 Å². The molecule has 0 spiro atoms. The highest BCUT2D eigenvalue weighted by molar-refractivity contribution is 5.83. The molecule has 0 saturated heterocycles. The number of benzene rings is 1. The van der Waals surface area contributed by atoms with Crippen LogP contribution in [0.1, 0.15) is 16.2 Å². The van der Waals surface area contributed by atoms with Crippen LogP contribution >= 0.6 is 0 Å². The molecule has 1 N–H and O–H groups in total. The first-order chi connectivity index (χ1) is 9.58. The molecular formula is C13H9FN4O2. The van der Waals surface area contributed by atoms with Crippen molar-refractivity contribution in [1.29, 1.82) is 0 Å². The Bertz CT molecular complexity index is 828. The van der Waals surface area contributed by atoms with Crippen LogP contribution in [0.2, 0.25) is 0 Å². The minimum absolute atomic E-state index is 0.117. The Hall–Kier alpha value is -2.83. The van der Waals surface area contributed by atoms with Crippen molar-refractivity contribution < 1.29 is 14.3 Å². The van der Waals surface area contributed by atoms with E-state index in [4.69, 9.17) is 5.11 Å². The fraction of sp³-hybridized carbons (Fsp3) is 0.0769. The summed E-state index contributed by atoms with van der Waals surface area (Å²) in [6, 6.07) is 6.20. The number of rotatable bonds is 2. The maximum absolute atomic E-state index is 14.0. The SMILES string of the molecule is Cc1cnc2nc(C(=O)O)nn2c1-c1ccccc1F. The zero-order valence-electron chi connectivity index (χ0n) is 10.4. The monoisotopic (exact) mass is 272 g/mol. The number of carboxylic acid groups (broad SMARTS) is 1. The zero-order valence-corrected chi connectivity index (χ0v) is 10.4. The topological polar surface area (TPSA) is 80.4 Å². The van der Waals surface area contributed by atoms with Crippen molar-refractivity contribution in [2.75, 3.05) is 0 Å². The van der Waals surface area contributed by atoms with E-state index < -0.39 is 11.8 Å². The van der Waals surface area contributed by atoms with E-state index in [0.717, 1.165) is 0 Å². The molecule has 20 heavy (non-hydrogen) atoms. The fourth-order valence-electron chi connectivity index (χ4n) is 1.99. The van der Waals surface area contributed by atoms with Crippen molar-refractivity contribution in [3.05, 3.63) is 47.7 Å². The van der Waals surface area contributed by atoms with Gasteiger partial charge in [-0.05, 0) is 24.6 Å². The van der Waals surface area contributed by atoms with E-state index in [9.17, 15) is 9.18 Å². The molecule has 2 aromatic heterocycles. The minimum atomic E-state index is -1.26. The van der Waals surface area contributed by atoms with Gasteiger partial charge in [0.05, 0.1) is 5.69 Å². The van der Waals surface area contributed by atoms with E-state index in [-0.39, 0.29) is 11.6 Å². The number of halogens is 1. The number of fused-ring (bicyclic) bond motifs is 1. The molecule has 0 saturated carbocycles. The van der Waals surface area contributed by atoms with Crippen molar-refractivity contribution in [2.45, 2.75) is 6.92 Å². The van der Waals surface area contributed by atoms with Crippen LogP contribution in [0.25, 0.3) is 17.0 Å². The number of hydrogen-bond donors (Lipinski definition) is 1. The first kappa shape index (κ1) is 12.2. The molecule has 0 aliphatic carbocycles. The first-order valence-electron chi connectivity index (χ1n) is 5.78. The van der Waals surface area contributed by atoms with E-state index in [1.807, 2.05) is 0 Å². The zero-order chi connectivity index (χ0) is 14.3. The second kappa shape index (κ2) is 4.37. The Kier molecular flexibility index (Phi) is 2.67. The lowest BCUT2D eigenvalue weighted by atomic mass is 10.1. The predicted octanol–water partition coefficient (Wildman–Crippen LogP) is 1.94. The van der Waals surface area contributed by atoms with Crippen molar-refractivity contribution in [3.8, 4) is 11.3 Å². The number of carbonyl (C=O) groups is 1. The standard InChI is InChI=1S/C13H9FN4O2/c1-7-6-15-13-16-11(12(19)20)17-18(13)10(7)8-4-2-3-5-9(8)14/h2-6H,1H3,(H,19,20). The lowest BCUT2D eigenvalue weighted by molar-refractivity contribution is 0.0684. The van der Waals surface area contributed by atoms with Gasteiger partial charge in [-0.3, -0.25) is 0 Å². The molecule has 0 radical (unpaired) electrons. The van der Waals surface area contributed by atoms with Crippen molar-refractivity contribution >= 4 is 11.7 Å². The molecule has 0 fully saturated rings. The van der Waals surface area contributed by atoms with E-state index in [0.29, 0.717) is 16.8 Å². The highest BCUT2D eigenvalue weighted by atomic mass is 19.1. The van der Waals surface area contributed by atoms with Gasteiger partial charge in [-0.15, -0.1) is 5.10 Å². The van der Waals surface area contributed by atoms with Gasteiger partial charge in [0.1, 0.15) is 5.82 Å². The summed E-state index contributed by atoms with van der Waals surface area (Å²) >= 11 is 0. The van der Waals surface area contributed by atoms with Crippen LogP contribution < -0.4 is 0 Å². The van der Waals surface area contributed by atoms with Crippen molar-refractivity contribution in [2.24, 2.45) is 0 Å². The molecule has 3 aromatic rings. The summed E-state index contributed by atoms with van der Waals surface area (Å²) < 4.78 is 15.2. The molecule has 0 aliphatic heterocycles. The number of carboxylic acids is 1. The summed E-state index contributed by atoms with van der Waals surface area (Å²) in [6.45, 7) is 1.75. The molecule has 100 valence electrons. The van der Waals surface area contributed by atoms with Gasteiger partial charge < -0.3 is 5.11 Å². The van der Waals surface area contributed by atoms with Crippen LogP contribution in [0.5, 0.6) is 0 Å². The molecule has 6 nitrogen and oxygen atoms in total. The van der Waals surface area contributed by atoms with E-state index in [1.165, 1.54) is 16.8 Å². The Morgan fingerprint density at radius 3 is 2.80 bits per heavy atom. The predicted molar refractivity (Wildman–Crippen MR) is 67.9 cm³/mol. The van der Waals surface area contributed by atoms with E-state index >= 15 is 0 Å². The highest BCUT2D eigenvalue weighted by Gasteiger charge is 2.18. The van der Waals surface area contributed by atoms with Crippen LogP contribution in [0.15, 0.2) is 30.5 Å². The van der Waals surface area contributed by atoms with Crippen molar-refractivity contribution in [1.82, 2.24) is 19.6 Å². The molecule has 0 amide bonds. The summed E-state index contributed by atoms with van der Waals surface area (Å²) in [5.41, 5.74) is 1.43. The number of nitrogens with zero attached hydrogens (tertiary/aromatic N) is 4. The molecular weight excluding hydrogens is 263 g/mol. The smallest absolute Gasteiger partial charge is 0.375 e. The quantitative estimate of drug-likeness (QED) is 0.771. The summed E-state index contributed by atoms with van der Waals surface area (Å²) in [4.78, 5) is 18.7. The normalized spacial score (nSPS) is 10.9. The van der Waals surface area contributed by atoms with Gasteiger partial charge >= 0.3 is 5.97 Å². The van der Waals surface area contributed by atoms with Crippen LogP contribution in [-0.2, 0) is 0 Å². The van der Waals surface area contributed by atoms with E-state index in [1.54, 1.807) is 25.1 Å². The van der Waals surface area contributed by atoms with Gasteiger partial charge in [0.15, 0.2) is 0 Å². The van der Waals surface area contributed by atoms with Gasteiger partial charge in [0.2, 0.25) is 0 Å². The summed E-state index contributed by atoms with van der Waals surface area (Å²) in [7, 11) is 0. The van der Waals surface area contributed by atoms with Gasteiger partial charge in [-0.2, -0.15) is 9.50 Å². The summed E-state index contributed by atoms with van der Waals surface area (Å²) in [5.74, 6) is -1.94.